The number of rotatable bonds is 24. The molecular weight excluding hydrogens is 1860 g/mol. The highest BCUT2D eigenvalue weighted by Gasteiger charge is 2.35. The Morgan fingerprint density at radius 3 is 0.889 bits per heavy atom. The van der Waals surface area contributed by atoms with Gasteiger partial charge in [0.1, 0.15) is 85.8 Å². The lowest BCUT2D eigenvalue weighted by Crippen LogP contribution is -2.38. The molecule has 0 amide bonds. The minimum atomic E-state index is -3.65. The molecule has 6 N–H and O–H groups in total. The fourth-order valence-corrected chi connectivity index (χ4v) is 13.0. The van der Waals surface area contributed by atoms with Gasteiger partial charge in [0.25, 0.3) is 0 Å². The number of halogens is 6. The van der Waals surface area contributed by atoms with Crippen LogP contribution in [0.5, 0.6) is 103 Å². The standard InChI is InChI=1S/6C19H20FNO3/c6*20-15-3-1-13(2-4-15)17-7-8-21-10-14(17)11-22-16-5-6-18-19(9-16)24-12-23-18/h6*1-6,9,14,17,21H,7-8,10-12H2/t6*14?,17-/m000000/s1/i1D,2D,3D,4D,8D2,10D2,11D2,12D2,14D,17D;1D,2D,3D,4D,7D2,8D2,10D2,11D2,12D2,14D;1D,2D,3D,4D,8D2,10D2,11D2,12D2,17D;1D,2D,3D,4D,7D2,8D2,10D2,12D2,14D;1D,2D,3D,4D,7D2,8D2,10D2,11D2,12D2;1D,2D,3D,4D,7D2,8D2,10D2,12D2. The summed E-state index contributed by atoms with van der Waals surface area (Å²) in [5.41, 5.74) is -5.62. The minimum absolute atomic E-state index is 0.0105. The van der Waals surface area contributed by atoms with Crippen LogP contribution in [0.1, 0.15) is 218 Å². The summed E-state index contributed by atoms with van der Waals surface area (Å²) in [6, 6.07) is -7.14. The largest absolute Gasteiger partial charge is 0.493 e. The quantitative estimate of drug-likeness (QED) is 0.0308. The maximum atomic E-state index is 14.3. The van der Waals surface area contributed by atoms with Crippen LogP contribution < -0.4 is 117 Å². The van der Waals surface area contributed by atoms with Crippen molar-refractivity contribution in [1.82, 2.24) is 31.9 Å². The highest BCUT2D eigenvalue weighted by Crippen LogP contribution is 2.45. The van der Waals surface area contributed by atoms with Gasteiger partial charge in [0, 0.05) is 162 Å². The summed E-state index contributed by atoms with van der Waals surface area (Å²) in [6.07, 6.45) is -15.3. The third-order valence-electron chi connectivity index (χ3n) is 19.9. The van der Waals surface area contributed by atoms with Crippen LogP contribution in [0, 0.1) is 70.3 Å². The first-order valence-corrected chi connectivity index (χ1v) is 41.5. The third-order valence-corrected chi connectivity index (χ3v) is 19.9. The average molecular weight is 2060 g/mol. The normalized spacial score (nSPS) is 41.2. The minimum Gasteiger partial charge on any atom is -0.493 e. The molecule has 12 heterocycles. The van der Waals surface area contributed by atoms with E-state index in [4.69, 9.17) is 196 Å². The first kappa shape index (κ1) is 41.5. The van der Waals surface area contributed by atoms with Crippen molar-refractivity contribution in [2.24, 2.45) is 35.4 Å². The molecular formula is C114H120F6N6O18. The summed E-state index contributed by atoms with van der Waals surface area (Å²) in [5.74, 6) is -43.9. The van der Waals surface area contributed by atoms with Gasteiger partial charge in [-0.15, -0.1) is 0 Å². The van der Waals surface area contributed by atoms with Crippen molar-refractivity contribution in [1.29, 1.82) is 0 Å². The molecule has 0 spiro atoms. The van der Waals surface area contributed by atoms with Crippen LogP contribution >= 0.6 is 0 Å². The molecule has 144 heavy (non-hydrogen) atoms. The number of ether oxygens (including phenoxy) is 18. The van der Waals surface area contributed by atoms with Gasteiger partial charge in [0.2, 0.25) is 40.5 Å². The summed E-state index contributed by atoms with van der Waals surface area (Å²) in [4.78, 5) is 0. The van der Waals surface area contributed by atoms with Crippen LogP contribution in [0.4, 0.5) is 26.3 Å². The molecule has 0 aliphatic carbocycles. The van der Waals surface area contributed by atoms with Gasteiger partial charge in [-0.05, 0) is 291 Å². The van der Waals surface area contributed by atoms with Crippen LogP contribution in [-0.4, -0.2) is 158 Å². The zero-order valence-electron chi connectivity index (χ0n) is 153. The van der Waals surface area contributed by atoms with Crippen molar-refractivity contribution in [3.63, 3.8) is 0 Å². The second kappa shape index (κ2) is 49.1. The van der Waals surface area contributed by atoms with E-state index in [2.05, 4.69) is 0 Å². The van der Waals surface area contributed by atoms with E-state index in [1.807, 2.05) is 21.3 Å². The molecule has 30 heteroatoms. The van der Waals surface area contributed by atoms with Crippen molar-refractivity contribution in [2.75, 3.05) is 158 Å². The van der Waals surface area contributed by atoms with Crippen molar-refractivity contribution in [2.45, 2.75) is 73.8 Å². The zero-order valence-corrected chi connectivity index (χ0v) is 72.4. The summed E-state index contributed by atoms with van der Waals surface area (Å²) < 4.78 is 840. The molecule has 12 aliphatic rings. The Morgan fingerprint density at radius 1 is 0.250 bits per heavy atom. The predicted molar refractivity (Wildman–Crippen MR) is 529 cm³/mol. The molecule has 24 rings (SSSR count). The Hall–Kier alpha value is -13.6. The molecule has 6 unspecified atom stereocenters. The van der Waals surface area contributed by atoms with Gasteiger partial charge in [-0.1, -0.05) is 72.5 Å². The second-order valence-electron chi connectivity index (χ2n) is 29.1. The van der Waals surface area contributed by atoms with Crippen LogP contribution in [0.25, 0.3) is 0 Å². The third kappa shape index (κ3) is 26.5. The molecule has 12 atom stereocenters. The number of hydrogen-bond donors (Lipinski definition) is 6. The molecule has 0 bridgehead atoms. The first-order chi connectivity index (χ1) is 102. The van der Waals surface area contributed by atoms with Crippen molar-refractivity contribution in [3.8, 4) is 103 Å². The fourth-order valence-electron chi connectivity index (χ4n) is 13.0. The lowest BCUT2D eigenvalue weighted by atomic mass is 9.81. The average Bonchev–Trinajstić information content (AvgIpc) is 0.843. The van der Waals surface area contributed by atoms with Crippen molar-refractivity contribution < 1.29 is 223 Å². The van der Waals surface area contributed by atoms with Crippen LogP contribution in [0.15, 0.2) is 254 Å². The van der Waals surface area contributed by atoms with Crippen LogP contribution in [0.3, 0.4) is 0 Å². The lowest BCUT2D eigenvalue weighted by Gasteiger charge is -2.32. The molecule has 6 saturated heterocycles. The summed E-state index contributed by atoms with van der Waals surface area (Å²) in [7, 11) is 0. The molecule has 0 saturated carbocycles. The highest BCUT2D eigenvalue weighted by molar-refractivity contribution is 5.52. The summed E-state index contributed by atoms with van der Waals surface area (Å²) >= 11 is 0. The molecule has 756 valence electrons. The Kier molecular flexibility index (Phi) is 14.1. The van der Waals surface area contributed by atoms with Gasteiger partial charge < -0.3 is 117 Å². The maximum absolute atomic E-state index is 14.3. The van der Waals surface area contributed by atoms with Crippen molar-refractivity contribution in [3.05, 3.63) is 322 Å². The van der Waals surface area contributed by atoms with Gasteiger partial charge in [-0.2, -0.15) is 0 Å². The number of nitrogens with one attached hydrogen (secondary N) is 6. The molecule has 24 nitrogen and oxygen atoms in total. The fraction of sp³-hybridized carbons (Fsp3) is 0.368. The maximum Gasteiger partial charge on any atom is 0.231 e. The van der Waals surface area contributed by atoms with Gasteiger partial charge in [-0.3, -0.25) is 0 Å². The van der Waals surface area contributed by atoms with E-state index >= 15 is 0 Å². The van der Waals surface area contributed by atoms with Gasteiger partial charge in [0.05, 0.1) is 83.3 Å². The molecule has 0 aromatic heterocycles. The molecule has 6 fully saturated rings. The summed E-state index contributed by atoms with van der Waals surface area (Å²) in [6.45, 7) is -67.6. The van der Waals surface area contributed by atoms with Crippen LogP contribution in [0.2, 0.25) is 0 Å². The highest BCUT2D eigenvalue weighted by atomic mass is 19.1. The molecule has 12 aliphatic heterocycles. The van der Waals surface area contributed by atoms with E-state index in [9.17, 15) is 26.3 Å². The van der Waals surface area contributed by atoms with E-state index in [0.29, 0.717) is 0 Å². The van der Waals surface area contributed by atoms with E-state index in [1.54, 1.807) is 10.6 Å². The molecule has 12 aromatic rings. The Morgan fingerprint density at radius 2 is 0.500 bits per heavy atom. The molecule has 12 aromatic carbocycles. The first-order valence-electron chi connectivity index (χ1n) is 82.0. The van der Waals surface area contributed by atoms with E-state index in [1.165, 1.54) is 48.5 Å². The molecule has 0 radical (unpaired) electrons. The van der Waals surface area contributed by atoms with Crippen molar-refractivity contribution >= 4 is 0 Å². The SMILES string of the molecule is [2H]c1c([2H])c([C@@H]2C([2H])([2H])C([2H])([2H])NC([2H])([2H])C2([2H])C([2H])([2H])Oc2ccc3c(c2)OC([2H])([2H])O3)c([2H])c([2H])c1F.[2H]c1c([2H])c([C@@H]2C([2H])([2H])C([2H])([2H])NC([2H])([2H])C2([2H])COc2ccc3c(c2)OC([2H])([2H])O3)c([2H])c([2H])c1F.[2H]c1c([2H])c([C@H]2C(C([2H])([2H])Oc3ccc4c(c3)OC([2H])([2H])O4)C([2H])([2H])NC([2H])([2H])C2([2H])[2H])c([2H])c([2H])c1F.[2H]c1c([2H])c([C@H]2C(COc3ccc4c(c3)OC([2H])([2H])O4)C([2H])([2H])NC([2H])([2H])C2([2H])[2H])c([2H])c([2H])c1F.[2H]c1c([2H])c([C@]2([2H])CC([2H])([2H])NC([2H])([2H])C2([2H])C([2H])([2H])Oc2ccc3c(c2)OC([2H])([2H])O3)c([2H])c([2H])c1F.[2H]c1c([2H])c([C@]2([2H])CC([2H])([2H])NC([2H])([2H])C2C([2H])([2H])Oc2ccc3c(c2)OC([2H])([2H])O3)c([2H])c([2H])c1F. The van der Waals surface area contributed by atoms with E-state index in [-0.39, 0.29) is 92.0 Å². The van der Waals surface area contributed by atoms with E-state index in [0.717, 1.165) is 60.7 Å². The van der Waals surface area contributed by atoms with Crippen LogP contribution in [-0.2, 0) is 0 Å². The Bertz CT molecular complexity index is 10600. The smallest absolute Gasteiger partial charge is 0.231 e. The van der Waals surface area contributed by atoms with Gasteiger partial charge in [-0.25, -0.2) is 26.3 Å². The number of fused-ring (bicyclic) bond motifs is 6. The number of piperidine rings is 6. The van der Waals surface area contributed by atoms with E-state index < -0.39 is 492 Å². The number of hydrogen-bond acceptors (Lipinski definition) is 24. The summed E-state index contributed by atoms with van der Waals surface area (Å²) in [5, 5.41) is 11.0. The zero-order chi connectivity index (χ0) is 170. The second-order valence-corrected chi connectivity index (χ2v) is 29.1. The van der Waals surface area contributed by atoms with Gasteiger partial charge in [0.15, 0.2) is 69.0 Å². The monoisotopic (exact) mass is 2060 g/mol. The Labute approximate surface area is 947 Å². The topological polar surface area (TPSA) is 238 Å². The Balaban J connectivity index is 0.000000157. The number of benzene rings is 12. The van der Waals surface area contributed by atoms with Gasteiger partial charge >= 0.3 is 0 Å². The predicted octanol–water partition coefficient (Wildman–Crippen LogP) is 20.0. The lowest BCUT2D eigenvalue weighted by molar-refractivity contribution is 0.173.